The smallest absolute Gasteiger partial charge is 0.225 e. The summed E-state index contributed by atoms with van der Waals surface area (Å²) >= 11 is 3.40. The zero-order chi connectivity index (χ0) is 15.1. The molecule has 0 atom stereocenters. The van der Waals surface area contributed by atoms with E-state index >= 15 is 0 Å². The zero-order valence-electron chi connectivity index (χ0n) is 12.0. The lowest BCUT2D eigenvalue weighted by atomic mass is 10.2. The molecule has 0 aliphatic carbocycles. The van der Waals surface area contributed by atoms with Crippen molar-refractivity contribution >= 4 is 39.5 Å². The topological polar surface area (TPSA) is 59.9 Å². The molecule has 1 aliphatic rings. The van der Waals surface area contributed by atoms with Crippen LogP contribution in [0, 0.1) is 0 Å². The van der Waals surface area contributed by atoms with Crippen molar-refractivity contribution in [2.75, 3.05) is 37.6 Å². The third-order valence-corrected chi connectivity index (χ3v) is 5.00. The molecular weight excluding hydrogens is 308 g/mol. The van der Waals surface area contributed by atoms with Gasteiger partial charge in [0.15, 0.2) is 0 Å². The molecule has 5 nitrogen and oxygen atoms in total. The molecule has 1 heterocycles. The van der Waals surface area contributed by atoms with Gasteiger partial charge in [0.25, 0.3) is 0 Å². The van der Waals surface area contributed by atoms with Crippen LogP contribution in [0.5, 0.6) is 11.5 Å². The Labute approximate surface area is 132 Å². The predicted molar refractivity (Wildman–Crippen MR) is 90.0 cm³/mol. The fourth-order valence-electron chi connectivity index (χ4n) is 1.74. The molecule has 0 radical (unpaired) electrons. The van der Waals surface area contributed by atoms with Crippen LogP contribution in [0.25, 0.3) is 0 Å². The first-order valence-electron chi connectivity index (χ1n) is 6.54. The number of thioether (sulfide) groups is 2. The van der Waals surface area contributed by atoms with Crippen molar-refractivity contribution in [3.63, 3.8) is 0 Å². The number of carbonyl (C=O) groups excluding carboxylic acids is 1. The Hall–Kier alpha value is -1.34. The van der Waals surface area contributed by atoms with Crippen molar-refractivity contribution in [1.82, 2.24) is 0 Å². The van der Waals surface area contributed by atoms with Crippen LogP contribution < -0.4 is 14.8 Å². The van der Waals surface area contributed by atoms with Crippen LogP contribution >= 0.6 is 23.5 Å². The van der Waals surface area contributed by atoms with E-state index in [1.165, 1.54) is 0 Å². The Balaban J connectivity index is 1.83. The molecule has 1 N–H and O–H groups in total. The molecule has 0 fully saturated rings. The predicted octanol–water partition coefficient (Wildman–Crippen LogP) is 2.87. The lowest BCUT2D eigenvalue weighted by Gasteiger charge is -2.09. The second-order valence-electron chi connectivity index (χ2n) is 4.24. The van der Waals surface area contributed by atoms with Gasteiger partial charge >= 0.3 is 0 Å². The van der Waals surface area contributed by atoms with E-state index in [-0.39, 0.29) is 5.91 Å². The van der Waals surface area contributed by atoms with E-state index in [9.17, 15) is 4.79 Å². The SMILES string of the molecule is COc1cc(NC(=O)CCSC2=NCCS2)cc(OC)c1. The maximum absolute atomic E-state index is 11.9. The van der Waals surface area contributed by atoms with Crippen molar-refractivity contribution in [2.45, 2.75) is 6.42 Å². The molecule has 1 aliphatic heterocycles. The number of nitrogens with zero attached hydrogens (tertiary/aromatic N) is 1. The lowest BCUT2D eigenvalue weighted by molar-refractivity contribution is -0.115. The van der Waals surface area contributed by atoms with Crippen molar-refractivity contribution < 1.29 is 14.3 Å². The number of anilines is 1. The molecule has 0 unspecified atom stereocenters. The van der Waals surface area contributed by atoms with Gasteiger partial charge in [-0.25, -0.2) is 0 Å². The molecule has 1 aromatic carbocycles. The molecule has 21 heavy (non-hydrogen) atoms. The number of hydrogen-bond donors (Lipinski definition) is 1. The summed E-state index contributed by atoms with van der Waals surface area (Å²) in [6.45, 7) is 0.892. The van der Waals surface area contributed by atoms with Crippen molar-refractivity contribution in [2.24, 2.45) is 4.99 Å². The average Bonchev–Trinajstić information content (AvgIpc) is 3.00. The molecule has 1 aromatic rings. The first-order valence-corrected chi connectivity index (χ1v) is 8.51. The molecule has 0 bridgehead atoms. The van der Waals surface area contributed by atoms with Crippen molar-refractivity contribution in [1.29, 1.82) is 0 Å². The minimum atomic E-state index is -0.0265. The van der Waals surface area contributed by atoms with E-state index in [0.717, 1.165) is 22.4 Å². The number of hydrogen-bond acceptors (Lipinski definition) is 6. The third-order valence-electron chi connectivity index (χ3n) is 2.75. The molecule has 1 amide bonds. The number of methoxy groups -OCH3 is 2. The molecule has 0 spiro atoms. The van der Waals surface area contributed by atoms with E-state index < -0.39 is 0 Å². The number of aliphatic imine (C=N–C) groups is 1. The standard InChI is InChI=1S/C14H18N2O3S2/c1-18-11-7-10(8-12(9-11)19-2)16-13(17)3-5-20-14-15-4-6-21-14/h7-9H,3-6H2,1-2H3,(H,16,17). The Kier molecular flexibility index (Phi) is 6.25. The van der Waals surface area contributed by atoms with Crippen LogP contribution in [-0.2, 0) is 4.79 Å². The van der Waals surface area contributed by atoms with Gasteiger partial charge in [0.2, 0.25) is 5.91 Å². The minimum Gasteiger partial charge on any atom is -0.497 e. The fraction of sp³-hybridized carbons (Fsp3) is 0.429. The summed E-state index contributed by atoms with van der Waals surface area (Å²) in [5.41, 5.74) is 0.675. The van der Waals surface area contributed by atoms with Gasteiger partial charge in [-0.3, -0.25) is 9.79 Å². The molecule has 0 saturated carbocycles. The second kappa shape index (κ2) is 8.19. The molecule has 0 aromatic heterocycles. The quantitative estimate of drug-likeness (QED) is 0.871. The summed E-state index contributed by atoms with van der Waals surface area (Å²) in [6.07, 6.45) is 0.448. The van der Waals surface area contributed by atoms with Gasteiger partial charge in [-0.2, -0.15) is 0 Å². The van der Waals surface area contributed by atoms with E-state index in [0.29, 0.717) is 23.6 Å². The first-order chi connectivity index (χ1) is 10.2. The fourth-order valence-corrected chi connectivity index (χ4v) is 3.75. The van der Waals surface area contributed by atoms with Crippen LogP contribution in [-0.4, -0.2) is 42.6 Å². The van der Waals surface area contributed by atoms with Gasteiger partial charge in [0.05, 0.1) is 20.8 Å². The molecule has 114 valence electrons. The van der Waals surface area contributed by atoms with Gasteiger partial charge in [-0.15, -0.1) is 0 Å². The summed E-state index contributed by atoms with van der Waals surface area (Å²) in [5.74, 6) is 3.06. The monoisotopic (exact) mass is 326 g/mol. The highest BCUT2D eigenvalue weighted by atomic mass is 32.2. The molecular formula is C14H18N2O3S2. The third kappa shape index (κ3) is 5.17. The minimum absolute atomic E-state index is 0.0265. The van der Waals surface area contributed by atoms with Crippen LogP contribution in [0.4, 0.5) is 5.69 Å². The summed E-state index contributed by atoms with van der Waals surface area (Å²) in [6, 6.07) is 5.30. The van der Waals surface area contributed by atoms with Crippen LogP contribution in [0.3, 0.4) is 0 Å². The largest absolute Gasteiger partial charge is 0.497 e. The summed E-state index contributed by atoms with van der Waals surface area (Å²) in [7, 11) is 3.16. The van der Waals surface area contributed by atoms with E-state index in [1.807, 2.05) is 0 Å². The summed E-state index contributed by atoms with van der Waals surface area (Å²) < 4.78 is 11.4. The first kappa shape index (κ1) is 16.0. The lowest BCUT2D eigenvalue weighted by Crippen LogP contribution is -2.12. The van der Waals surface area contributed by atoms with Crippen LogP contribution in [0.2, 0.25) is 0 Å². The molecule has 0 saturated heterocycles. The van der Waals surface area contributed by atoms with Crippen LogP contribution in [0.15, 0.2) is 23.2 Å². The Morgan fingerprint density at radius 3 is 2.62 bits per heavy atom. The van der Waals surface area contributed by atoms with Gasteiger partial charge in [0.1, 0.15) is 15.9 Å². The van der Waals surface area contributed by atoms with Gasteiger partial charge < -0.3 is 14.8 Å². The van der Waals surface area contributed by atoms with E-state index in [2.05, 4.69) is 10.3 Å². The van der Waals surface area contributed by atoms with Gasteiger partial charge in [-0.05, 0) is 0 Å². The average molecular weight is 326 g/mol. The maximum atomic E-state index is 11.9. The number of benzene rings is 1. The maximum Gasteiger partial charge on any atom is 0.225 e. The molecule has 7 heteroatoms. The Bertz CT molecular complexity index is 513. The second-order valence-corrected chi connectivity index (χ2v) is 6.67. The highest BCUT2D eigenvalue weighted by Gasteiger charge is 2.10. The molecule has 2 rings (SSSR count). The van der Waals surface area contributed by atoms with E-state index in [1.54, 1.807) is 55.9 Å². The van der Waals surface area contributed by atoms with Gasteiger partial charge in [0, 0.05) is 41.8 Å². The highest BCUT2D eigenvalue weighted by molar-refractivity contribution is 8.39. The number of nitrogens with one attached hydrogen (secondary N) is 1. The summed E-state index contributed by atoms with van der Waals surface area (Å²) in [4.78, 5) is 16.3. The normalized spacial score (nSPS) is 13.7. The Morgan fingerprint density at radius 1 is 1.33 bits per heavy atom. The number of amides is 1. The number of rotatable bonds is 6. The van der Waals surface area contributed by atoms with Crippen molar-refractivity contribution in [3.8, 4) is 11.5 Å². The Morgan fingerprint density at radius 2 is 2.05 bits per heavy atom. The number of ether oxygens (including phenoxy) is 2. The summed E-state index contributed by atoms with van der Waals surface area (Å²) in [5, 5.41) is 2.86. The van der Waals surface area contributed by atoms with E-state index in [4.69, 9.17) is 9.47 Å². The number of carbonyl (C=O) groups is 1. The highest BCUT2D eigenvalue weighted by Crippen LogP contribution is 2.26. The van der Waals surface area contributed by atoms with Gasteiger partial charge in [-0.1, -0.05) is 23.5 Å². The zero-order valence-corrected chi connectivity index (χ0v) is 13.7. The van der Waals surface area contributed by atoms with Crippen LogP contribution in [0.1, 0.15) is 6.42 Å². The van der Waals surface area contributed by atoms with Crippen molar-refractivity contribution in [3.05, 3.63) is 18.2 Å².